The molecule has 0 bridgehead atoms. The number of halogens is 4. The van der Waals surface area contributed by atoms with Crippen molar-refractivity contribution in [2.75, 3.05) is 5.32 Å². The van der Waals surface area contributed by atoms with E-state index in [1.165, 1.54) is 12.1 Å². The summed E-state index contributed by atoms with van der Waals surface area (Å²) in [6.45, 7) is 0. The molecule has 0 radical (unpaired) electrons. The van der Waals surface area contributed by atoms with Crippen LogP contribution >= 0.6 is 15.9 Å². The summed E-state index contributed by atoms with van der Waals surface area (Å²) >= 11 is 3.04. The average Bonchev–Trinajstić information content (AvgIpc) is 2.32. The van der Waals surface area contributed by atoms with Crippen LogP contribution in [0.3, 0.4) is 0 Å². The van der Waals surface area contributed by atoms with Gasteiger partial charge in [-0.25, -0.2) is 13.2 Å². The lowest BCUT2D eigenvalue weighted by atomic mass is 10.2. The first-order valence-corrected chi connectivity index (χ1v) is 5.99. The molecule has 0 saturated heterocycles. The number of hydrogen-bond donors (Lipinski definition) is 1. The highest BCUT2D eigenvalue weighted by Gasteiger charge is 2.17. The van der Waals surface area contributed by atoms with Crippen LogP contribution in [0.25, 0.3) is 0 Å². The first-order valence-electron chi connectivity index (χ1n) is 5.19. The van der Waals surface area contributed by atoms with Crippen LogP contribution in [-0.2, 0) is 0 Å². The molecule has 2 aromatic carbocycles. The third-order valence-electron chi connectivity index (χ3n) is 2.37. The number of rotatable bonds is 2. The fraction of sp³-hybridized carbons (Fsp3) is 0. The third-order valence-corrected chi connectivity index (χ3v) is 3.03. The van der Waals surface area contributed by atoms with Crippen LogP contribution < -0.4 is 5.32 Å². The molecule has 0 atom stereocenters. The van der Waals surface area contributed by atoms with E-state index in [4.69, 9.17) is 0 Å². The van der Waals surface area contributed by atoms with Crippen molar-refractivity contribution >= 4 is 27.5 Å². The Morgan fingerprint density at radius 2 is 1.79 bits per heavy atom. The molecule has 0 heterocycles. The van der Waals surface area contributed by atoms with Gasteiger partial charge in [-0.2, -0.15) is 0 Å². The summed E-state index contributed by atoms with van der Waals surface area (Å²) in [5.41, 5.74) is -0.465. The van der Waals surface area contributed by atoms with E-state index in [-0.39, 0.29) is 15.7 Å². The molecule has 0 aliphatic carbocycles. The summed E-state index contributed by atoms with van der Waals surface area (Å²) in [7, 11) is 0. The van der Waals surface area contributed by atoms with Crippen LogP contribution in [-0.4, -0.2) is 5.91 Å². The molecule has 0 aromatic heterocycles. The first kappa shape index (κ1) is 13.6. The smallest absolute Gasteiger partial charge is 0.259 e. The lowest BCUT2D eigenvalue weighted by Crippen LogP contribution is -2.15. The van der Waals surface area contributed by atoms with E-state index in [1.54, 1.807) is 0 Å². The number of carbonyl (C=O) groups excluding carboxylic acids is 1. The minimum Gasteiger partial charge on any atom is -0.319 e. The van der Waals surface area contributed by atoms with E-state index in [2.05, 4.69) is 21.2 Å². The van der Waals surface area contributed by atoms with Crippen molar-refractivity contribution in [1.82, 2.24) is 0 Å². The van der Waals surface area contributed by atoms with Gasteiger partial charge in [0, 0.05) is 10.5 Å². The minimum atomic E-state index is -0.930. The van der Waals surface area contributed by atoms with Crippen LogP contribution in [0.4, 0.5) is 18.9 Å². The Balaban J connectivity index is 2.31. The Morgan fingerprint density at radius 1 is 1.05 bits per heavy atom. The molecule has 6 heteroatoms. The summed E-state index contributed by atoms with van der Waals surface area (Å²) < 4.78 is 39.9. The molecule has 19 heavy (non-hydrogen) atoms. The standard InChI is InChI=1S/C13H7BrF3NO/c14-8-2-1-3-9(16)12(8)13(19)18-11-5-4-7(15)6-10(11)17/h1-6H,(H,18,19). The van der Waals surface area contributed by atoms with E-state index in [0.29, 0.717) is 6.07 Å². The van der Waals surface area contributed by atoms with Gasteiger partial charge in [-0.3, -0.25) is 4.79 Å². The molecule has 0 saturated carbocycles. The average molecular weight is 330 g/mol. The molecule has 2 aromatic rings. The van der Waals surface area contributed by atoms with Crippen molar-refractivity contribution in [3.05, 3.63) is 63.9 Å². The Labute approximate surface area is 115 Å². The van der Waals surface area contributed by atoms with Gasteiger partial charge in [-0.05, 0) is 40.2 Å². The SMILES string of the molecule is O=C(Nc1ccc(F)cc1F)c1c(F)cccc1Br. The van der Waals surface area contributed by atoms with Gasteiger partial charge in [0.15, 0.2) is 0 Å². The van der Waals surface area contributed by atoms with Crippen molar-refractivity contribution in [1.29, 1.82) is 0 Å². The molecule has 0 aliphatic heterocycles. The molecule has 1 N–H and O–H groups in total. The number of amides is 1. The molecule has 0 unspecified atom stereocenters. The fourth-order valence-electron chi connectivity index (χ4n) is 1.49. The van der Waals surface area contributed by atoms with Gasteiger partial charge < -0.3 is 5.32 Å². The van der Waals surface area contributed by atoms with Crippen LogP contribution in [0.1, 0.15) is 10.4 Å². The fourth-order valence-corrected chi connectivity index (χ4v) is 2.01. The van der Waals surface area contributed by atoms with Gasteiger partial charge in [0.1, 0.15) is 17.5 Å². The van der Waals surface area contributed by atoms with Gasteiger partial charge in [0.25, 0.3) is 5.91 Å². The Hall–Kier alpha value is -1.82. The lowest BCUT2D eigenvalue weighted by Gasteiger charge is -2.08. The van der Waals surface area contributed by atoms with Gasteiger partial charge in [-0.1, -0.05) is 6.07 Å². The normalized spacial score (nSPS) is 10.3. The van der Waals surface area contributed by atoms with Crippen molar-refractivity contribution in [2.45, 2.75) is 0 Å². The maximum atomic E-state index is 13.5. The van der Waals surface area contributed by atoms with E-state index >= 15 is 0 Å². The van der Waals surface area contributed by atoms with Crippen LogP contribution in [0.15, 0.2) is 40.9 Å². The minimum absolute atomic E-state index is 0.221. The number of nitrogens with one attached hydrogen (secondary N) is 1. The number of carbonyl (C=O) groups is 1. The van der Waals surface area contributed by atoms with Crippen LogP contribution in [0, 0.1) is 17.5 Å². The van der Waals surface area contributed by atoms with Gasteiger partial charge in [0.2, 0.25) is 0 Å². The Morgan fingerprint density at radius 3 is 2.42 bits per heavy atom. The molecule has 2 nitrogen and oxygen atoms in total. The second-order valence-electron chi connectivity index (χ2n) is 3.67. The van der Waals surface area contributed by atoms with Crippen molar-refractivity contribution in [2.24, 2.45) is 0 Å². The molecule has 98 valence electrons. The third kappa shape index (κ3) is 2.96. The zero-order valence-electron chi connectivity index (χ0n) is 9.38. The van der Waals surface area contributed by atoms with E-state index < -0.39 is 23.4 Å². The highest BCUT2D eigenvalue weighted by Crippen LogP contribution is 2.22. The molecule has 2 rings (SSSR count). The molecule has 0 aliphatic rings. The lowest BCUT2D eigenvalue weighted by molar-refractivity contribution is 0.102. The predicted molar refractivity (Wildman–Crippen MR) is 68.4 cm³/mol. The number of benzene rings is 2. The quantitative estimate of drug-likeness (QED) is 0.882. The zero-order chi connectivity index (χ0) is 14.0. The van der Waals surface area contributed by atoms with E-state index in [0.717, 1.165) is 18.2 Å². The first-order chi connectivity index (χ1) is 8.99. The second kappa shape index (κ2) is 5.44. The maximum absolute atomic E-state index is 13.5. The molecule has 0 fully saturated rings. The summed E-state index contributed by atoms with van der Waals surface area (Å²) in [6.07, 6.45) is 0. The summed E-state index contributed by atoms with van der Waals surface area (Å²) in [6, 6.07) is 6.72. The highest BCUT2D eigenvalue weighted by atomic mass is 79.9. The summed E-state index contributed by atoms with van der Waals surface area (Å²) in [4.78, 5) is 11.9. The van der Waals surface area contributed by atoms with E-state index in [1.807, 2.05) is 0 Å². The van der Waals surface area contributed by atoms with Gasteiger partial charge >= 0.3 is 0 Å². The van der Waals surface area contributed by atoms with Crippen molar-refractivity contribution < 1.29 is 18.0 Å². The molecular weight excluding hydrogens is 323 g/mol. The topological polar surface area (TPSA) is 29.1 Å². The van der Waals surface area contributed by atoms with Crippen LogP contribution in [0.5, 0.6) is 0 Å². The molecule has 0 spiro atoms. The predicted octanol–water partition coefficient (Wildman–Crippen LogP) is 4.12. The maximum Gasteiger partial charge on any atom is 0.259 e. The van der Waals surface area contributed by atoms with Crippen molar-refractivity contribution in [3.8, 4) is 0 Å². The Kier molecular flexibility index (Phi) is 3.90. The summed E-state index contributed by atoms with van der Waals surface area (Å²) in [5, 5.41) is 2.18. The molecule has 1 amide bonds. The van der Waals surface area contributed by atoms with Crippen LogP contribution in [0.2, 0.25) is 0 Å². The van der Waals surface area contributed by atoms with Crippen molar-refractivity contribution in [3.63, 3.8) is 0 Å². The van der Waals surface area contributed by atoms with Gasteiger partial charge in [-0.15, -0.1) is 0 Å². The highest BCUT2D eigenvalue weighted by molar-refractivity contribution is 9.10. The summed E-state index contributed by atoms with van der Waals surface area (Å²) in [5.74, 6) is -3.26. The molecular formula is C13H7BrF3NO. The largest absolute Gasteiger partial charge is 0.319 e. The second-order valence-corrected chi connectivity index (χ2v) is 4.53. The number of hydrogen-bond acceptors (Lipinski definition) is 1. The van der Waals surface area contributed by atoms with Gasteiger partial charge in [0.05, 0.1) is 11.3 Å². The van der Waals surface area contributed by atoms with E-state index in [9.17, 15) is 18.0 Å². The monoisotopic (exact) mass is 329 g/mol. The zero-order valence-corrected chi connectivity index (χ0v) is 11.0. The Bertz CT molecular complexity index is 626. The number of anilines is 1.